The minimum absolute atomic E-state index is 0.104. The Kier molecular flexibility index (Phi) is 4.20. The van der Waals surface area contributed by atoms with Crippen molar-refractivity contribution >= 4 is 0 Å². The van der Waals surface area contributed by atoms with E-state index < -0.39 is 0 Å². The van der Waals surface area contributed by atoms with Crippen LogP contribution >= 0.6 is 0 Å². The summed E-state index contributed by atoms with van der Waals surface area (Å²) in [5.41, 5.74) is 5.82. The number of nitrogens with zero attached hydrogens (tertiary/aromatic N) is 4. The molecule has 0 radical (unpaired) electrons. The van der Waals surface area contributed by atoms with Gasteiger partial charge in [0, 0.05) is 17.8 Å². The van der Waals surface area contributed by atoms with Crippen molar-refractivity contribution in [3.8, 4) is 22.9 Å². The van der Waals surface area contributed by atoms with E-state index in [9.17, 15) is 0 Å². The fourth-order valence-electron chi connectivity index (χ4n) is 4.26. The number of hydrogen-bond donors (Lipinski definition) is 0. The van der Waals surface area contributed by atoms with Gasteiger partial charge in [-0.2, -0.15) is 0 Å². The molecule has 0 unspecified atom stereocenters. The number of fused-ring (bicyclic) bond motifs is 2. The standard InChI is InChI=1S/C22H24N4O3/c1-13-5-6-16(9-14(13)2)26-11-23-24-22(26)19-18-15(7-8-25(19)3)10-17-20(21(18)27-4)29-12-28-17/h5-6,9-11,19H,7-8,12H2,1-4H3/t19-/m0/s1. The Morgan fingerprint density at radius 1 is 1.14 bits per heavy atom. The second-order valence-electron chi connectivity index (χ2n) is 7.68. The van der Waals surface area contributed by atoms with Gasteiger partial charge in [-0.3, -0.25) is 9.47 Å². The molecule has 150 valence electrons. The fourth-order valence-corrected chi connectivity index (χ4v) is 4.26. The van der Waals surface area contributed by atoms with Crippen molar-refractivity contribution < 1.29 is 14.2 Å². The summed E-state index contributed by atoms with van der Waals surface area (Å²) in [6, 6.07) is 8.38. The zero-order valence-electron chi connectivity index (χ0n) is 17.1. The minimum atomic E-state index is -0.104. The van der Waals surface area contributed by atoms with E-state index in [2.05, 4.69) is 64.8 Å². The Bertz CT molecular complexity index is 1090. The van der Waals surface area contributed by atoms with Gasteiger partial charge in [-0.25, -0.2) is 0 Å². The molecule has 0 spiro atoms. The molecule has 3 aromatic rings. The van der Waals surface area contributed by atoms with E-state index in [-0.39, 0.29) is 12.8 Å². The largest absolute Gasteiger partial charge is 0.492 e. The van der Waals surface area contributed by atoms with Crippen LogP contribution in [0.5, 0.6) is 17.2 Å². The van der Waals surface area contributed by atoms with Gasteiger partial charge in [0.05, 0.1) is 13.2 Å². The number of rotatable bonds is 3. The highest BCUT2D eigenvalue weighted by molar-refractivity contribution is 5.62. The van der Waals surface area contributed by atoms with Crippen molar-refractivity contribution in [3.63, 3.8) is 0 Å². The molecule has 2 aliphatic heterocycles. The first kappa shape index (κ1) is 18.0. The van der Waals surface area contributed by atoms with E-state index >= 15 is 0 Å². The van der Waals surface area contributed by atoms with Crippen LogP contribution in [0.15, 0.2) is 30.6 Å². The second kappa shape index (κ2) is 6.77. The summed E-state index contributed by atoms with van der Waals surface area (Å²) in [5.74, 6) is 3.00. The first-order valence-electron chi connectivity index (χ1n) is 9.75. The van der Waals surface area contributed by atoms with Gasteiger partial charge in [0.2, 0.25) is 12.5 Å². The topological polar surface area (TPSA) is 61.6 Å². The Hall–Kier alpha value is -3.06. The van der Waals surface area contributed by atoms with Gasteiger partial charge in [0.15, 0.2) is 17.3 Å². The van der Waals surface area contributed by atoms with E-state index in [4.69, 9.17) is 14.2 Å². The van der Waals surface area contributed by atoms with Gasteiger partial charge in [0.1, 0.15) is 6.33 Å². The highest BCUT2D eigenvalue weighted by Gasteiger charge is 2.37. The number of hydrogen-bond acceptors (Lipinski definition) is 6. The molecule has 5 rings (SSSR count). The molecule has 0 bridgehead atoms. The van der Waals surface area contributed by atoms with Gasteiger partial charge < -0.3 is 14.2 Å². The van der Waals surface area contributed by atoms with Crippen LogP contribution in [-0.2, 0) is 6.42 Å². The number of aryl methyl sites for hydroxylation is 2. The van der Waals surface area contributed by atoms with Gasteiger partial charge in [-0.15, -0.1) is 10.2 Å². The van der Waals surface area contributed by atoms with Crippen molar-refractivity contribution in [2.75, 3.05) is 27.5 Å². The lowest BCUT2D eigenvalue weighted by Gasteiger charge is -2.35. The van der Waals surface area contributed by atoms with Gasteiger partial charge in [-0.05, 0) is 62.2 Å². The number of methoxy groups -OCH3 is 1. The lowest BCUT2D eigenvalue weighted by Crippen LogP contribution is -2.34. The van der Waals surface area contributed by atoms with Crippen LogP contribution in [0.4, 0.5) is 0 Å². The van der Waals surface area contributed by atoms with E-state index in [1.807, 2.05) is 0 Å². The Labute approximate surface area is 169 Å². The maximum atomic E-state index is 5.82. The lowest BCUT2D eigenvalue weighted by atomic mass is 9.90. The van der Waals surface area contributed by atoms with Crippen LogP contribution in [0.25, 0.3) is 5.69 Å². The summed E-state index contributed by atoms with van der Waals surface area (Å²) in [6.07, 6.45) is 2.69. The van der Waals surface area contributed by atoms with Crippen molar-refractivity contribution in [3.05, 3.63) is 58.7 Å². The summed E-state index contributed by atoms with van der Waals surface area (Å²) in [5, 5.41) is 8.78. The molecule has 2 aliphatic rings. The Morgan fingerprint density at radius 3 is 2.79 bits per heavy atom. The SMILES string of the molecule is COc1c2c(cc3c1[C@@H](c1nncn1-c1ccc(C)c(C)c1)N(C)CC3)OCO2. The van der Waals surface area contributed by atoms with Crippen LogP contribution in [0.2, 0.25) is 0 Å². The minimum Gasteiger partial charge on any atom is -0.492 e. The predicted molar refractivity (Wildman–Crippen MR) is 108 cm³/mol. The summed E-state index contributed by atoms with van der Waals surface area (Å²) in [6.45, 7) is 5.35. The molecular formula is C22H24N4O3. The lowest BCUT2D eigenvalue weighted by molar-refractivity contribution is 0.170. The molecule has 0 aliphatic carbocycles. The van der Waals surface area contributed by atoms with Crippen molar-refractivity contribution in [1.82, 2.24) is 19.7 Å². The van der Waals surface area contributed by atoms with Gasteiger partial charge in [-0.1, -0.05) is 6.07 Å². The molecule has 0 amide bonds. The zero-order valence-corrected chi connectivity index (χ0v) is 17.1. The Balaban J connectivity index is 1.69. The summed E-state index contributed by atoms with van der Waals surface area (Å²) >= 11 is 0. The van der Waals surface area contributed by atoms with Crippen LogP contribution in [0, 0.1) is 13.8 Å². The quantitative estimate of drug-likeness (QED) is 0.682. The average Bonchev–Trinajstić information content (AvgIpc) is 3.38. The van der Waals surface area contributed by atoms with E-state index in [1.165, 1.54) is 16.7 Å². The average molecular weight is 392 g/mol. The van der Waals surface area contributed by atoms with Crippen LogP contribution in [0.3, 0.4) is 0 Å². The molecule has 1 aromatic heterocycles. The molecular weight excluding hydrogens is 368 g/mol. The molecule has 0 saturated carbocycles. The van der Waals surface area contributed by atoms with Crippen molar-refractivity contribution in [2.45, 2.75) is 26.3 Å². The predicted octanol–water partition coefficient (Wildman–Crippen LogP) is 3.20. The summed E-state index contributed by atoms with van der Waals surface area (Å²) in [7, 11) is 3.79. The molecule has 7 heteroatoms. The fraction of sp³-hybridized carbons (Fsp3) is 0.364. The maximum absolute atomic E-state index is 5.82. The monoisotopic (exact) mass is 392 g/mol. The summed E-state index contributed by atoms with van der Waals surface area (Å²) in [4.78, 5) is 2.29. The Morgan fingerprint density at radius 2 is 2.00 bits per heavy atom. The van der Waals surface area contributed by atoms with Crippen LogP contribution in [0.1, 0.15) is 34.1 Å². The molecule has 0 N–H and O–H groups in total. The highest BCUT2D eigenvalue weighted by Crippen LogP contribution is 2.50. The normalized spacial score (nSPS) is 18.0. The molecule has 2 aromatic carbocycles. The van der Waals surface area contributed by atoms with Crippen LogP contribution < -0.4 is 14.2 Å². The van der Waals surface area contributed by atoms with E-state index in [1.54, 1.807) is 13.4 Å². The smallest absolute Gasteiger partial charge is 0.231 e. The summed E-state index contributed by atoms with van der Waals surface area (Å²) < 4.78 is 19.2. The molecule has 29 heavy (non-hydrogen) atoms. The molecule has 0 fully saturated rings. The van der Waals surface area contributed by atoms with E-state index in [0.29, 0.717) is 5.75 Å². The highest BCUT2D eigenvalue weighted by atomic mass is 16.7. The van der Waals surface area contributed by atoms with Gasteiger partial charge in [0.25, 0.3) is 0 Å². The number of ether oxygens (including phenoxy) is 3. The van der Waals surface area contributed by atoms with Crippen molar-refractivity contribution in [1.29, 1.82) is 0 Å². The third-order valence-electron chi connectivity index (χ3n) is 5.98. The molecule has 7 nitrogen and oxygen atoms in total. The van der Waals surface area contributed by atoms with E-state index in [0.717, 1.165) is 41.5 Å². The second-order valence-corrected chi connectivity index (χ2v) is 7.68. The van der Waals surface area contributed by atoms with Crippen molar-refractivity contribution in [2.24, 2.45) is 0 Å². The third kappa shape index (κ3) is 2.76. The third-order valence-corrected chi connectivity index (χ3v) is 5.98. The molecule has 1 atom stereocenters. The zero-order chi connectivity index (χ0) is 20.1. The van der Waals surface area contributed by atoms with Crippen LogP contribution in [-0.4, -0.2) is 47.2 Å². The number of aromatic nitrogens is 3. The number of benzene rings is 2. The molecule has 3 heterocycles. The maximum Gasteiger partial charge on any atom is 0.231 e. The van der Waals surface area contributed by atoms with Gasteiger partial charge >= 0.3 is 0 Å². The first-order chi connectivity index (χ1) is 14.1. The first-order valence-corrected chi connectivity index (χ1v) is 9.75. The number of likely N-dealkylation sites (N-methyl/N-ethyl adjacent to an activating group) is 1. The molecule has 0 saturated heterocycles.